The smallest absolute Gasteiger partial charge is 0.201 e. The van der Waals surface area contributed by atoms with Crippen LogP contribution in [0.5, 0.6) is 0 Å². The second-order valence-corrected chi connectivity index (χ2v) is 7.23. The number of hydrogen-bond acceptors (Lipinski definition) is 4. The van der Waals surface area contributed by atoms with E-state index >= 15 is 0 Å². The third-order valence-corrected chi connectivity index (χ3v) is 5.35. The summed E-state index contributed by atoms with van der Waals surface area (Å²) in [6.45, 7) is 0. The van der Waals surface area contributed by atoms with Gasteiger partial charge in [0.2, 0.25) is 5.95 Å². The number of anilines is 1. The molecular formula is C12H13F2N3O2S. The van der Waals surface area contributed by atoms with Crippen LogP contribution in [-0.2, 0) is 9.84 Å². The summed E-state index contributed by atoms with van der Waals surface area (Å²) < 4.78 is 51.9. The molecule has 0 amide bonds. The molecule has 8 heteroatoms. The molecule has 1 fully saturated rings. The quantitative estimate of drug-likeness (QED) is 0.868. The first-order valence-electron chi connectivity index (χ1n) is 6.20. The first-order chi connectivity index (χ1) is 9.37. The zero-order valence-corrected chi connectivity index (χ0v) is 11.3. The van der Waals surface area contributed by atoms with Crippen molar-refractivity contribution in [3.63, 3.8) is 0 Å². The largest absolute Gasteiger partial charge is 0.369 e. The highest BCUT2D eigenvalue weighted by atomic mass is 32.2. The normalized spacial score (nSPS) is 22.2. The molecule has 1 aliphatic rings. The van der Waals surface area contributed by atoms with Crippen LogP contribution in [0.2, 0.25) is 0 Å². The Labute approximate surface area is 114 Å². The van der Waals surface area contributed by atoms with E-state index in [2.05, 4.69) is 4.98 Å². The highest BCUT2D eigenvalue weighted by Gasteiger charge is 2.29. The maximum Gasteiger partial charge on any atom is 0.201 e. The molecule has 1 unspecified atom stereocenters. The van der Waals surface area contributed by atoms with Gasteiger partial charge in [-0.15, -0.1) is 0 Å². The Hall–Kier alpha value is -1.70. The molecule has 1 aromatic heterocycles. The monoisotopic (exact) mass is 301 g/mol. The molecule has 2 N–H and O–H groups in total. The van der Waals surface area contributed by atoms with Crippen LogP contribution in [0.4, 0.5) is 14.7 Å². The van der Waals surface area contributed by atoms with Crippen molar-refractivity contribution in [3.05, 3.63) is 23.8 Å². The number of rotatable bonds is 1. The van der Waals surface area contributed by atoms with Gasteiger partial charge in [-0.3, -0.25) is 0 Å². The number of nitrogen functional groups attached to an aromatic ring is 1. The fraction of sp³-hybridized carbons (Fsp3) is 0.417. The van der Waals surface area contributed by atoms with Gasteiger partial charge < -0.3 is 10.3 Å². The van der Waals surface area contributed by atoms with Crippen molar-refractivity contribution in [2.75, 3.05) is 17.2 Å². The first-order valence-corrected chi connectivity index (χ1v) is 8.02. The van der Waals surface area contributed by atoms with Crippen molar-refractivity contribution < 1.29 is 17.2 Å². The molecular weight excluding hydrogens is 288 g/mol. The highest BCUT2D eigenvalue weighted by molar-refractivity contribution is 7.91. The number of hydrogen-bond donors (Lipinski definition) is 1. The van der Waals surface area contributed by atoms with Gasteiger partial charge in [0.15, 0.2) is 15.7 Å². The zero-order chi connectivity index (χ0) is 14.5. The summed E-state index contributed by atoms with van der Waals surface area (Å²) in [7, 11) is -3.16. The molecule has 3 rings (SSSR count). The molecule has 0 radical (unpaired) electrons. The van der Waals surface area contributed by atoms with E-state index in [-0.39, 0.29) is 28.5 Å². The lowest BCUT2D eigenvalue weighted by molar-refractivity contribution is 0.482. The van der Waals surface area contributed by atoms with E-state index < -0.39 is 27.5 Å². The number of aromatic nitrogens is 2. The lowest BCUT2D eigenvalue weighted by Gasteiger charge is -2.24. The molecule has 0 bridgehead atoms. The van der Waals surface area contributed by atoms with Crippen LogP contribution < -0.4 is 5.73 Å². The summed E-state index contributed by atoms with van der Waals surface area (Å²) in [5, 5.41) is 0. The SMILES string of the molecule is Nc1nc2c(F)cc(F)cc2n1C1CCCS(=O)(=O)C1. The molecule has 108 valence electrons. The fourth-order valence-corrected chi connectivity index (χ4v) is 4.40. The number of benzene rings is 1. The van der Waals surface area contributed by atoms with Gasteiger partial charge in [0, 0.05) is 12.1 Å². The molecule has 0 spiro atoms. The highest BCUT2D eigenvalue weighted by Crippen LogP contribution is 2.31. The third-order valence-electron chi connectivity index (χ3n) is 3.54. The van der Waals surface area contributed by atoms with Crippen molar-refractivity contribution in [1.29, 1.82) is 0 Å². The molecule has 1 atom stereocenters. The average molecular weight is 301 g/mol. The van der Waals surface area contributed by atoms with E-state index in [9.17, 15) is 17.2 Å². The molecule has 0 saturated carbocycles. The predicted octanol–water partition coefficient (Wildman–Crippen LogP) is 1.65. The van der Waals surface area contributed by atoms with E-state index in [4.69, 9.17) is 5.73 Å². The van der Waals surface area contributed by atoms with Crippen LogP contribution in [0, 0.1) is 11.6 Å². The molecule has 1 aromatic carbocycles. The minimum atomic E-state index is -3.16. The number of imidazole rings is 1. The molecule has 0 aliphatic carbocycles. The minimum Gasteiger partial charge on any atom is -0.369 e. The fourth-order valence-electron chi connectivity index (χ4n) is 2.72. The molecule has 20 heavy (non-hydrogen) atoms. The van der Waals surface area contributed by atoms with E-state index in [1.807, 2.05) is 0 Å². The molecule has 5 nitrogen and oxygen atoms in total. The van der Waals surface area contributed by atoms with Gasteiger partial charge in [-0.1, -0.05) is 0 Å². The van der Waals surface area contributed by atoms with Crippen LogP contribution >= 0.6 is 0 Å². The standard InChI is InChI=1S/C12H13F2N3O2S/c13-7-4-9(14)11-10(5-7)17(12(15)16-11)8-2-1-3-20(18,19)6-8/h4-5,8H,1-3,6H2,(H2,15,16). The van der Waals surface area contributed by atoms with Crippen molar-refractivity contribution in [2.24, 2.45) is 0 Å². The minimum absolute atomic E-state index is 0.00611. The van der Waals surface area contributed by atoms with Crippen molar-refractivity contribution in [3.8, 4) is 0 Å². The topological polar surface area (TPSA) is 78.0 Å². The second-order valence-electron chi connectivity index (χ2n) is 5.01. The van der Waals surface area contributed by atoms with Crippen LogP contribution in [0.25, 0.3) is 11.0 Å². The summed E-state index contributed by atoms with van der Waals surface area (Å²) in [6, 6.07) is 1.43. The summed E-state index contributed by atoms with van der Waals surface area (Å²) in [5.41, 5.74) is 5.92. The first kappa shape index (κ1) is 13.3. The molecule has 2 aromatic rings. The van der Waals surface area contributed by atoms with Gasteiger partial charge in [0.25, 0.3) is 0 Å². The number of nitrogens with two attached hydrogens (primary N) is 1. The Balaban J connectivity index is 2.18. The van der Waals surface area contributed by atoms with E-state index in [0.29, 0.717) is 12.8 Å². The van der Waals surface area contributed by atoms with Gasteiger partial charge in [-0.25, -0.2) is 22.2 Å². The molecule has 1 aliphatic heterocycles. The summed E-state index contributed by atoms with van der Waals surface area (Å²) in [6.07, 6.45) is 1.09. The van der Waals surface area contributed by atoms with Gasteiger partial charge in [0.1, 0.15) is 11.3 Å². The van der Waals surface area contributed by atoms with Crippen LogP contribution in [0.3, 0.4) is 0 Å². The van der Waals surface area contributed by atoms with Crippen LogP contribution in [0.15, 0.2) is 12.1 Å². The number of halogens is 2. The van der Waals surface area contributed by atoms with Crippen molar-refractivity contribution in [1.82, 2.24) is 9.55 Å². The third kappa shape index (κ3) is 2.13. The van der Waals surface area contributed by atoms with Gasteiger partial charge in [-0.05, 0) is 12.8 Å². The summed E-state index contributed by atoms with van der Waals surface area (Å²) in [5.74, 6) is -1.48. The Morgan fingerprint density at radius 1 is 1.35 bits per heavy atom. The second kappa shape index (κ2) is 4.41. The van der Waals surface area contributed by atoms with E-state index in [1.165, 1.54) is 4.57 Å². The lowest BCUT2D eigenvalue weighted by Crippen LogP contribution is -2.28. The Morgan fingerprint density at radius 2 is 2.10 bits per heavy atom. The predicted molar refractivity (Wildman–Crippen MR) is 71.0 cm³/mol. The van der Waals surface area contributed by atoms with E-state index in [1.54, 1.807) is 0 Å². The lowest BCUT2D eigenvalue weighted by atomic mass is 10.1. The Kier molecular flexibility index (Phi) is 2.93. The average Bonchev–Trinajstić information content (AvgIpc) is 2.64. The van der Waals surface area contributed by atoms with Crippen LogP contribution in [0.1, 0.15) is 18.9 Å². The summed E-state index contributed by atoms with van der Waals surface area (Å²) >= 11 is 0. The van der Waals surface area contributed by atoms with Gasteiger partial charge >= 0.3 is 0 Å². The zero-order valence-electron chi connectivity index (χ0n) is 10.5. The number of nitrogens with zero attached hydrogens (tertiary/aromatic N) is 2. The molecule has 1 saturated heterocycles. The summed E-state index contributed by atoms with van der Waals surface area (Å²) in [4.78, 5) is 3.88. The molecule has 2 heterocycles. The Bertz CT molecular complexity index is 786. The van der Waals surface area contributed by atoms with E-state index in [0.717, 1.165) is 12.1 Å². The Morgan fingerprint density at radius 3 is 2.80 bits per heavy atom. The maximum atomic E-state index is 13.7. The van der Waals surface area contributed by atoms with Gasteiger partial charge in [0.05, 0.1) is 23.1 Å². The van der Waals surface area contributed by atoms with Crippen molar-refractivity contribution >= 4 is 26.8 Å². The van der Waals surface area contributed by atoms with Crippen LogP contribution in [-0.4, -0.2) is 29.5 Å². The van der Waals surface area contributed by atoms with Gasteiger partial charge in [-0.2, -0.15) is 0 Å². The maximum absolute atomic E-state index is 13.7. The van der Waals surface area contributed by atoms with Crippen molar-refractivity contribution in [2.45, 2.75) is 18.9 Å². The number of fused-ring (bicyclic) bond motifs is 1. The number of sulfone groups is 1.